The van der Waals surface area contributed by atoms with Crippen molar-refractivity contribution in [2.24, 2.45) is 0 Å². The summed E-state index contributed by atoms with van der Waals surface area (Å²) in [5.41, 5.74) is -3.49. The number of ether oxygens (including phenoxy) is 1. The molecule has 0 aliphatic carbocycles. The van der Waals surface area contributed by atoms with Gasteiger partial charge >= 0.3 is 18.7 Å². The number of hydrogen-bond donors (Lipinski definition) is 2. The van der Waals surface area contributed by atoms with Crippen LogP contribution in [0.25, 0.3) is 22.5 Å². The highest BCUT2D eigenvalue weighted by atomic mass is 19.4. The number of carbonyl (C=O) groups is 2. The van der Waals surface area contributed by atoms with Crippen LogP contribution in [0.4, 0.5) is 45.2 Å². The minimum atomic E-state index is -5.19. The molecule has 0 aliphatic heterocycles. The zero-order valence-electron chi connectivity index (χ0n) is 20.4. The van der Waals surface area contributed by atoms with Gasteiger partial charge in [0.15, 0.2) is 5.78 Å². The standard InChI is InChI=1S/C25H14F9N5O3/c26-23(27,28)15-7-14(8-16(10-15)24(29,30)31)20(40)11-21(41)35-19-6-3-13(9-18(19)22-36-38-39-37-22)12-1-4-17(5-2-12)42-25(32,33)34/h1-10H,11H2,(H,35,41)(H,36,37,38,39). The van der Waals surface area contributed by atoms with Gasteiger partial charge in [0.05, 0.1) is 23.2 Å². The molecule has 0 aliphatic rings. The molecule has 4 rings (SSSR count). The SMILES string of the molecule is O=C(CC(=O)c1cc(C(F)(F)F)cc(C(F)(F)F)c1)Nc1ccc(-c2ccc(OC(F)(F)F)cc2)cc1-c1nn[nH]n1. The Labute approximate surface area is 228 Å². The number of tetrazole rings is 1. The molecule has 220 valence electrons. The molecule has 1 heterocycles. The number of benzene rings is 3. The summed E-state index contributed by atoms with van der Waals surface area (Å²) in [7, 11) is 0. The summed E-state index contributed by atoms with van der Waals surface area (Å²) in [4.78, 5) is 25.2. The van der Waals surface area contributed by atoms with E-state index in [2.05, 4.69) is 30.7 Å². The predicted octanol–water partition coefficient (Wildman–Crippen LogP) is 6.68. The van der Waals surface area contributed by atoms with E-state index in [9.17, 15) is 49.1 Å². The predicted molar refractivity (Wildman–Crippen MR) is 126 cm³/mol. The third-order valence-corrected chi connectivity index (χ3v) is 5.53. The van der Waals surface area contributed by atoms with Crippen molar-refractivity contribution in [1.82, 2.24) is 20.6 Å². The summed E-state index contributed by atoms with van der Waals surface area (Å²) >= 11 is 0. The fourth-order valence-corrected chi connectivity index (χ4v) is 3.70. The Kier molecular flexibility index (Phi) is 7.96. The summed E-state index contributed by atoms with van der Waals surface area (Å²) in [5.74, 6) is -2.94. The van der Waals surface area contributed by atoms with Crippen molar-refractivity contribution in [1.29, 1.82) is 0 Å². The fraction of sp³-hybridized carbons (Fsp3) is 0.160. The van der Waals surface area contributed by atoms with Gasteiger partial charge in [-0.15, -0.1) is 23.4 Å². The van der Waals surface area contributed by atoms with Crippen LogP contribution in [-0.2, 0) is 17.1 Å². The van der Waals surface area contributed by atoms with Crippen molar-refractivity contribution in [3.05, 3.63) is 77.4 Å². The van der Waals surface area contributed by atoms with Crippen molar-refractivity contribution in [2.45, 2.75) is 25.1 Å². The molecular weight excluding hydrogens is 589 g/mol. The lowest BCUT2D eigenvalue weighted by Crippen LogP contribution is -2.19. The Morgan fingerprint density at radius 2 is 1.38 bits per heavy atom. The number of amides is 1. The van der Waals surface area contributed by atoms with Gasteiger partial charge in [-0.05, 0) is 58.8 Å². The third kappa shape index (κ3) is 7.41. The van der Waals surface area contributed by atoms with Gasteiger partial charge < -0.3 is 10.1 Å². The molecule has 0 atom stereocenters. The normalized spacial score (nSPS) is 12.2. The number of nitrogens with one attached hydrogen (secondary N) is 2. The number of ketones is 1. The molecule has 3 aromatic carbocycles. The molecule has 42 heavy (non-hydrogen) atoms. The maximum Gasteiger partial charge on any atom is 0.573 e. The lowest BCUT2D eigenvalue weighted by atomic mass is 9.99. The van der Waals surface area contributed by atoms with E-state index in [0.717, 1.165) is 12.1 Å². The van der Waals surface area contributed by atoms with E-state index in [1.807, 2.05) is 0 Å². The first-order chi connectivity index (χ1) is 19.5. The van der Waals surface area contributed by atoms with Gasteiger partial charge in [0.25, 0.3) is 0 Å². The number of Topliss-reactive ketones (excluding diaryl/α,β-unsaturated/α-hetero) is 1. The number of rotatable bonds is 7. The Morgan fingerprint density at radius 1 is 0.786 bits per heavy atom. The highest BCUT2D eigenvalue weighted by molar-refractivity contribution is 6.12. The number of aromatic nitrogens is 4. The van der Waals surface area contributed by atoms with Gasteiger partial charge in [0.2, 0.25) is 11.7 Å². The molecule has 0 bridgehead atoms. The van der Waals surface area contributed by atoms with E-state index < -0.39 is 59.3 Å². The van der Waals surface area contributed by atoms with E-state index in [1.165, 1.54) is 30.3 Å². The molecule has 1 amide bonds. The third-order valence-electron chi connectivity index (χ3n) is 5.53. The molecule has 2 N–H and O–H groups in total. The van der Waals surface area contributed by atoms with Gasteiger partial charge in [-0.1, -0.05) is 18.2 Å². The fourth-order valence-electron chi connectivity index (χ4n) is 3.70. The van der Waals surface area contributed by atoms with Crippen LogP contribution in [-0.4, -0.2) is 38.7 Å². The van der Waals surface area contributed by atoms with E-state index in [4.69, 9.17) is 0 Å². The highest BCUT2D eigenvalue weighted by Crippen LogP contribution is 2.37. The van der Waals surface area contributed by atoms with Crippen molar-refractivity contribution in [2.75, 3.05) is 5.32 Å². The second-order valence-corrected chi connectivity index (χ2v) is 8.51. The molecule has 4 aromatic rings. The molecule has 0 saturated carbocycles. The largest absolute Gasteiger partial charge is 0.573 e. The molecule has 0 saturated heterocycles. The quantitative estimate of drug-likeness (QED) is 0.139. The number of carbonyl (C=O) groups excluding carboxylic acids is 2. The second-order valence-electron chi connectivity index (χ2n) is 8.51. The molecule has 1 aromatic heterocycles. The summed E-state index contributed by atoms with van der Waals surface area (Å²) in [6.07, 6.45) is -16.4. The van der Waals surface area contributed by atoms with Crippen LogP contribution < -0.4 is 10.1 Å². The lowest BCUT2D eigenvalue weighted by Gasteiger charge is -2.14. The zero-order chi connectivity index (χ0) is 30.9. The van der Waals surface area contributed by atoms with Crippen LogP contribution in [0.15, 0.2) is 60.7 Å². The topological polar surface area (TPSA) is 110 Å². The van der Waals surface area contributed by atoms with Crippen molar-refractivity contribution < 1.29 is 53.8 Å². The smallest absolute Gasteiger partial charge is 0.406 e. The molecular formula is C25H14F9N5O3. The van der Waals surface area contributed by atoms with E-state index in [0.29, 0.717) is 11.1 Å². The first kappa shape index (κ1) is 30.0. The molecule has 0 fully saturated rings. The Bertz CT molecular complexity index is 1570. The Hall–Kier alpha value is -4.96. The van der Waals surface area contributed by atoms with Crippen LogP contribution in [0.5, 0.6) is 5.75 Å². The van der Waals surface area contributed by atoms with Gasteiger partial charge in [-0.2, -0.15) is 31.6 Å². The summed E-state index contributed by atoms with van der Waals surface area (Å²) in [5, 5.41) is 15.5. The number of halogens is 9. The summed E-state index contributed by atoms with van der Waals surface area (Å²) in [6.45, 7) is 0. The van der Waals surface area contributed by atoms with Gasteiger partial charge in [-0.25, -0.2) is 0 Å². The van der Waals surface area contributed by atoms with Crippen molar-refractivity contribution in [3.8, 4) is 28.3 Å². The van der Waals surface area contributed by atoms with Crippen molar-refractivity contribution >= 4 is 17.4 Å². The maximum atomic E-state index is 13.1. The van der Waals surface area contributed by atoms with Crippen LogP contribution in [0.1, 0.15) is 27.9 Å². The van der Waals surface area contributed by atoms with Crippen LogP contribution >= 0.6 is 0 Å². The van der Waals surface area contributed by atoms with E-state index in [1.54, 1.807) is 0 Å². The molecule has 0 spiro atoms. The first-order valence-electron chi connectivity index (χ1n) is 11.4. The number of hydrogen-bond acceptors (Lipinski definition) is 6. The minimum Gasteiger partial charge on any atom is -0.406 e. The number of nitrogens with zero attached hydrogens (tertiary/aromatic N) is 3. The van der Waals surface area contributed by atoms with Crippen molar-refractivity contribution in [3.63, 3.8) is 0 Å². The lowest BCUT2D eigenvalue weighted by molar-refractivity contribution is -0.274. The maximum absolute atomic E-state index is 13.1. The van der Waals surface area contributed by atoms with Gasteiger partial charge in [0, 0.05) is 11.1 Å². The second kappa shape index (κ2) is 11.1. The average Bonchev–Trinajstić information content (AvgIpc) is 3.42. The Morgan fingerprint density at radius 3 is 1.90 bits per heavy atom. The summed E-state index contributed by atoms with van der Waals surface area (Å²) < 4.78 is 120. The van der Waals surface area contributed by atoms with E-state index in [-0.39, 0.29) is 35.3 Å². The average molecular weight is 603 g/mol. The molecule has 0 unspecified atom stereocenters. The van der Waals surface area contributed by atoms with Crippen LogP contribution in [0, 0.1) is 0 Å². The minimum absolute atomic E-state index is 0.0185. The molecule has 17 heteroatoms. The zero-order valence-corrected chi connectivity index (χ0v) is 20.4. The number of aromatic amines is 1. The summed E-state index contributed by atoms with van der Waals surface area (Å²) in [6, 6.07) is 9.22. The van der Waals surface area contributed by atoms with Gasteiger partial charge in [0.1, 0.15) is 5.75 Å². The highest BCUT2D eigenvalue weighted by Gasteiger charge is 2.37. The number of anilines is 1. The van der Waals surface area contributed by atoms with Crippen LogP contribution in [0.2, 0.25) is 0 Å². The van der Waals surface area contributed by atoms with Gasteiger partial charge in [-0.3, -0.25) is 9.59 Å². The van der Waals surface area contributed by atoms with Crippen LogP contribution in [0.3, 0.4) is 0 Å². The number of H-pyrrole nitrogens is 1. The molecule has 0 radical (unpaired) electrons. The number of alkyl halides is 9. The first-order valence-corrected chi connectivity index (χ1v) is 11.4. The van der Waals surface area contributed by atoms with E-state index >= 15 is 0 Å². The Balaban J connectivity index is 1.58. The molecule has 8 nitrogen and oxygen atoms in total. The monoisotopic (exact) mass is 603 g/mol.